The Morgan fingerprint density at radius 2 is 2.45 bits per heavy atom. The number of rotatable bonds is 0. The molecule has 4 nitrogen and oxygen atoms in total. The molecule has 0 aliphatic rings. The highest BCUT2D eigenvalue weighted by Crippen LogP contribution is 2.01. The fourth-order valence-electron chi connectivity index (χ4n) is 1.04. The van der Waals surface area contributed by atoms with E-state index >= 15 is 0 Å². The molecular formula is C7H7N3O. The SMILES string of the molecule is Cn1ccc2n[nH]cc2c1=O. The summed E-state index contributed by atoms with van der Waals surface area (Å²) < 4.78 is 1.53. The second-order valence-electron chi connectivity index (χ2n) is 2.42. The Morgan fingerprint density at radius 1 is 1.64 bits per heavy atom. The minimum absolute atomic E-state index is 0.0174. The highest BCUT2D eigenvalue weighted by molar-refractivity contribution is 5.76. The number of H-pyrrole nitrogens is 1. The molecule has 0 aliphatic carbocycles. The van der Waals surface area contributed by atoms with E-state index < -0.39 is 0 Å². The number of nitrogens with zero attached hydrogens (tertiary/aromatic N) is 2. The molecule has 0 unspecified atom stereocenters. The monoisotopic (exact) mass is 149 g/mol. The van der Waals surface area contributed by atoms with E-state index in [0.717, 1.165) is 0 Å². The maximum Gasteiger partial charge on any atom is 0.261 e. The standard InChI is InChI=1S/C7H7N3O/c1-10-3-2-6-5(7(10)11)4-8-9-6/h2-4H,1H3,(H,8,9). The predicted octanol–water partition coefficient (Wildman–Crippen LogP) is 0.262. The molecule has 0 saturated heterocycles. The summed E-state index contributed by atoms with van der Waals surface area (Å²) in [6.45, 7) is 0. The lowest BCUT2D eigenvalue weighted by molar-refractivity contribution is 0.873. The second-order valence-corrected chi connectivity index (χ2v) is 2.42. The van der Waals surface area contributed by atoms with E-state index in [4.69, 9.17) is 0 Å². The lowest BCUT2D eigenvalue weighted by Gasteiger charge is -1.92. The Kier molecular flexibility index (Phi) is 1.09. The van der Waals surface area contributed by atoms with Crippen molar-refractivity contribution < 1.29 is 0 Å². The van der Waals surface area contributed by atoms with Crippen LogP contribution in [0.25, 0.3) is 10.9 Å². The first-order valence-corrected chi connectivity index (χ1v) is 3.28. The Bertz CT molecular complexity index is 440. The first kappa shape index (κ1) is 6.15. The predicted molar refractivity (Wildman–Crippen MR) is 41.3 cm³/mol. The molecule has 2 aromatic heterocycles. The minimum atomic E-state index is -0.0174. The van der Waals surface area contributed by atoms with Crippen LogP contribution in [0.4, 0.5) is 0 Å². The Morgan fingerprint density at radius 3 is 3.27 bits per heavy atom. The molecule has 1 N–H and O–H groups in total. The zero-order valence-electron chi connectivity index (χ0n) is 6.03. The van der Waals surface area contributed by atoms with Gasteiger partial charge in [-0.25, -0.2) is 0 Å². The van der Waals surface area contributed by atoms with E-state index in [1.165, 1.54) is 4.57 Å². The van der Waals surface area contributed by atoms with Crippen LogP contribution in [0.3, 0.4) is 0 Å². The van der Waals surface area contributed by atoms with Crippen molar-refractivity contribution in [3.63, 3.8) is 0 Å². The summed E-state index contributed by atoms with van der Waals surface area (Å²) in [7, 11) is 1.72. The van der Waals surface area contributed by atoms with Gasteiger partial charge in [0.25, 0.3) is 5.56 Å². The minimum Gasteiger partial charge on any atom is -0.318 e. The summed E-state index contributed by atoms with van der Waals surface area (Å²) in [6, 6.07) is 1.80. The highest BCUT2D eigenvalue weighted by Gasteiger charge is 1.99. The number of hydrogen-bond acceptors (Lipinski definition) is 2. The van der Waals surface area contributed by atoms with Crippen LogP contribution in [-0.2, 0) is 7.05 Å². The number of pyridine rings is 1. The number of aryl methyl sites for hydroxylation is 1. The molecule has 0 aromatic carbocycles. The smallest absolute Gasteiger partial charge is 0.261 e. The number of fused-ring (bicyclic) bond motifs is 1. The molecule has 0 saturated carbocycles. The van der Waals surface area contributed by atoms with Gasteiger partial charge in [-0.1, -0.05) is 0 Å². The summed E-state index contributed by atoms with van der Waals surface area (Å²) in [5.41, 5.74) is 0.698. The maximum absolute atomic E-state index is 11.3. The zero-order chi connectivity index (χ0) is 7.84. The van der Waals surface area contributed by atoms with Crippen LogP contribution in [0.2, 0.25) is 0 Å². The van der Waals surface area contributed by atoms with Crippen molar-refractivity contribution in [1.29, 1.82) is 0 Å². The van der Waals surface area contributed by atoms with Gasteiger partial charge >= 0.3 is 0 Å². The summed E-state index contributed by atoms with van der Waals surface area (Å²) in [5.74, 6) is 0. The largest absolute Gasteiger partial charge is 0.318 e. The van der Waals surface area contributed by atoms with Crippen molar-refractivity contribution in [2.45, 2.75) is 0 Å². The van der Waals surface area contributed by atoms with E-state index in [2.05, 4.69) is 10.2 Å². The van der Waals surface area contributed by atoms with Crippen LogP contribution >= 0.6 is 0 Å². The van der Waals surface area contributed by atoms with Crippen molar-refractivity contribution in [3.05, 3.63) is 28.8 Å². The van der Waals surface area contributed by atoms with Gasteiger partial charge in [0.2, 0.25) is 0 Å². The number of hydrogen-bond donors (Lipinski definition) is 1. The fraction of sp³-hybridized carbons (Fsp3) is 0.143. The molecule has 11 heavy (non-hydrogen) atoms. The topological polar surface area (TPSA) is 50.7 Å². The summed E-state index contributed by atoms with van der Waals surface area (Å²) in [4.78, 5) is 11.3. The van der Waals surface area contributed by atoms with Gasteiger partial charge in [0.05, 0.1) is 10.9 Å². The average molecular weight is 149 g/mol. The first-order chi connectivity index (χ1) is 5.29. The van der Waals surface area contributed by atoms with Crippen LogP contribution < -0.4 is 5.56 Å². The molecule has 2 rings (SSSR count). The lowest BCUT2D eigenvalue weighted by Crippen LogP contribution is -2.14. The third-order valence-electron chi connectivity index (χ3n) is 1.68. The molecule has 4 heteroatoms. The third-order valence-corrected chi connectivity index (χ3v) is 1.68. The molecule has 0 amide bonds. The van der Waals surface area contributed by atoms with Gasteiger partial charge in [0.1, 0.15) is 0 Å². The van der Waals surface area contributed by atoms with Crippen LogP contribution in [0.15, 0.2) is 23.3 Å². The summed E-state index contributed by atoms with van der Waals surface area (Å²) in [5, 5.41) is 7.16. The lowest BCUT2D eigenvalue weighted by atomic mass is 10.3. The van der Waals surface area contributed by atoms with Gasteiger partial charge in [0.15, 0.2) is 0 Å². The third kappa shape index (κ3) is 0.756. The Hall–Kier alpha value is -1.58. The van der Waals surface area contributed by atoms with Crippen molar-refractivity contribution in [1.82, 2.24) is 14.8 Å². The van der Waals surface area contributed by atoms with Gasteiger partial charge in [-0.05, 0) is 6.07 Å². The van der Waals surface area contributed by atoms with Crippen LogP contribution in [0.1, 0.15) is 0 Å². The maximum atomic E-state index is 11.3. The number of aromatic amines is 1. The molecule has 0 radical (unpaired) electrons. The normalized spacial score (nSPS) is 10.6. The molecule has 0 spiro atoms. The number of nitrogens with one attached hydrogen (secondary N) is 1. The average Bonchev–Trinajstić information content (AvgIpc) is 2.45. The molecule has 2 heterocycles. The fourth-order valence-corrected chi connectivity index (χ4v) is 1.04. The quantitative estimate of drug-likeness (QED) is 0.584. The molecule has 0 aliphatic heterocycles. The molecule has 0 fully saturated rings. The molecule has 0 atom stereocenters. The van der Waals surface area contributed by atoms with E-state index in [9.17, 15) is 4.79 Å². The van der Waals surface area contributed by atoms with Crippen molar-refractivity contribution in [2.24, 2.45) is 7.05 Å². The van der Waals surface area contributed by atoms with Gasteiger partial charge < -0.3 is 4.57 Å². The van der Waals surface area contributed by atoms with E-state index in [1.807, 2.05) is 0 Å². The molecule has 2 aromatic rings. The van der Waals surface area contributed by atoms with E-state index in [0.29, 0.717) is 10.9 Å². The highest BCUT2D eigenvalue weighted by atomic mass is 16.1. The summed E-state index contributed by atoms with van der Waals surface area (Å²) >= 11 is 0. The van der Waals surface area contributed by atoms with Gasteiger partial charge in [-0.15, -0.1) is 0 Å². The van der Waals surface area contributed by atoms with E-state index in [-0.39, 0.29) is 5.56 Å². The van der Waals surface area contributed by atoms with Gasteiger partial charge in [-0.3, -0.25) is 9.89 Å². The molecular weight excluding hydrogens is 142 g/mol. The zero-order valence-corrected chi connectivity index (χ0v) is 6.03. The van der Waals surface area contributed by atoms with Crippen molar-refractivity contribution in [3.8, 4) is 0 Å². The van der Waals surface area contributed by atoms with Crippen LogP contribution in [0, 0.1) is 0 Å². The molecule has 0 bridgehead atoms. The van der Waals surface area contributed by atoms with Crippen LogP contribution in [-0.4, -0.2) is 14.8 Å². The number of aromatic nitrogens is 3. The second kappa shape index (κ2) is 1.95. The van der Waals surface area contributed by atoms with Gasteiger partial charge in [0, 0.05) is 19.4 Å². The van der Waals surface area contributed by atoms with Crippen molar-refractivity contribution in [2.75, 3.05) is 0 Å². The van der Waals surface area contributed by atoms with Crippen LogP contribution in [0.5, 0.6) is 0 Å². The van der Waals surface area contributed by atoms with Crippen molar-refractivity contribution >= 4 is 10.9 Å². The Labute approximate surface area is 62.5 Å². The Balaban J connectivity index is 3.05. The molecule has 56 valence electrons. The first-order valence-electron chi connectivity index (χ1n) is 3.28. The van der Waals surface area contributed by atoms with Gasteiger partial charge in [-0.2, -0.15) is 5.10 Å². The summed E-state index contributed by atoms with van der Waals surface area (Å²) in [6.07, 6.45) is 3.31. The van der Waals surface area contributed by atoms with E-state index in [1.54, 1.807) is 25.5 Å².